The van der Waals surface area contributed by atoms with Gasteiger partial charge < -0.3 is 9.84 Å². The minimum Gasteiger partial charge on any atom is -0.508 e. The molecule has 0 saturated carbocycles. The lowest BCUT2D eigenvalue weighted by Gasteiger charge is -2.14. The molecule has 0 heterocycles. The Morgan fingerprint density at radius 3 is 2.40 bits per heavy atom. The molecule has 0 atom stereocenters. The van der Waals surface area contributed by atoms with Crippen LogP contribution in [0.25, 0.3) is 0 Å². The van der Waals surface area contributed by atoms with E-state index < -0.39 is 11.7 Å². The molecule has 0 saturated heterocycles. The fourth-order valence-corrected chi connectivity index (χ4v) is 1.17. The van der Waals surface area contributed by atoms with Crippen LogP contribution >= 0.6 is 0 Å². The highest BCUT2D eigenvalue weighted by atomic mass is 19.4. The normalized spacial score (nSPS) is 11.5. The van der Waals surface area contributed by atoms with Crippen molar-refractivity contribution in [3.8, 4) is 11.5 Å². The molecule has 2 nitrogen and oxygen atoms in total. The Balaban J connectivity index is 3.28. The quantitative estimate of drug-likeness (QED) is 0.829. The van der Waals surface area contributed by atoms with Gasteiger partial charge in [-0.15, -0.1) is 0 Å². The van der Waals surface area contributed by atoms with Gasteiger partial charge in [0.2, 0.25) is 0 Å². The molecule has 0 amide bonds. The Labute approximate surface area is 85.3 Å². The van der Waals surface area contributed by atoms with Gasteiger partial charge in [-0.3, -0.25) is 0 Å². The number of hydrogen-bond donors (Lipinski definition) is 1. The van der Waals surface area contributed by atoms with Crippen molar-refractivity contribution in [1.29, 1.82) is 0 Å². The first-order valence-electron chi connectivity index (χ1n) is 4.40. The van der Waals surface area contributed by atoms with Crippen molar-refractivity contribution < 1.29 is 23.0 Å². The van der Waals surface area contributed by atoms with Gasteiger partial charge in [-0.1, -0.05) is 0 Å². The van der Waals surface area contributed by atoms with E-state index in [1.54, 1.807) is 6.92 Å². The van der Waals surface area contributed by atoms with Crippen molar-refractivity contribution in [2.24, 2.45) is 0 Å². The number of aromatic hydroxyl groups is 1. The minimum absolute atomic E-state index is 0.117. The molecular weight excluding hydrogens is 209 g/mol. The van der Waals surface area contributed by atoms with Crippen LogP contribution in [0, 0.1) is 6.92 Å². The third kappa shape index (κ3) is 2.55. The maximum Gasteiger partial charge on any atom is 0.419 e. The lowest BCUT2D eigenvalue weighted by atomic mass is 10.1. The number of halogens is 3. The van der Waals surface area contributed by atoms with Crippen LogP contribution in [0.2, 0.25) is 0 Å². The molecule has 0 aliphatic rings. The van der Waals surface area contributed by atoms with E-state index in [1.807, 2.05) is 0 Å². The first-order chi connectivity index (χ1) is 6.86. The molecule has 0 spiro atoms. The van der Waals surface area contributed by atoms with Crippen LogP contribution in [-0.2, 0) is 6.18 Å². The topological polar surface area (TPSA) is 29.5 Å². The number of phenols is 1. The van der Waals surface area contributed by atoms with Crippen LogP contribution in [-0.4, -0.2) is 11.7 Å². The average Bonchev–Trinajstić information content (AvgIpc) is 2.09. The molecule has 0 aromatic heterocycles. The van der Waals surface area contributed by atoms with Crippen molar-refractivity contribution in [1.82, 2.24) is 0 Å². The maximum atomic E-state index is 12.5. The van der Waals surface area contributed by atoms with Crippen molar-refractivity contribution in [2.45, 2.75) is 20.0 Å². The van der Waals surface area contributed by atoms with Crippen LogP contribution in [0.5, 0.6) is 11.5 Å². The molecule has 1 aromatic rings. The highest BCUT2D eigenvalue weighted by Gasteiger charge is 2.35. The minimum atomic E-state index is -4.47. The molecule has 0 aliphatic carbocycles. The van der Waals surface area contributed by atoms with Gasteiger partial charge in [-0.25, -0.2) is 0 Å². The highest BCUT2D eigenvalue weighted by molar-refractivity contribution is 5.46. The van der Waals surface area contributed by atoms with E-state index in [-0.39, 0.29) is 23.7 Å². The fourth-order valence-electron chi connectivity index (χ4n) is 1.17. The zero-order valence-corrected chi connectivity index (χ0v) is 8.35. The summed E-state index contributed by atoms with van der Waals surface area (Å²) in [6.45, 7) is 3.10. The van der Waals surface area contributed by atoms with Gasteiger partial charge in [0.1, 0.15) is 11.5 Å². The Hall–Kier alpha value is -1.39. The monoisotopic (exact) mass is 220 g/mol. The SMILES string of the molecule is CCOc1cc(O)c(C)cc1C(F)(F)F. The Kier molecular flexibility index (Phi) is 3.12. The lowest BCUT2D eigenvalue weighted by Crippen LogP contribution is -2.09. The standard InChI is InChI=1S/C10H11F3O2/c1-3-15-9-5-8(14)6(2)4-7(9)10(11,12)13/h4-5,14H,3H2,1-2H3. The molecule has 0 bridgehead atoms. The molecule has 5 heteroatoms. The molecule has 0 radical (unpaired) electrons. The number of hydrogen-bond acceptors (Lipinski definition) is 2. The molecule has 15 heavy (non-hydrogen) atoms. The molecule has 0 aliphatic heterocycles. The summed E-state index contributed by atoms with van der Waals surface area (Å²) in [5.74, 6) is -0.542. The number of phenolic OH excluding ortho intramolecular Hbond substituents is 1. The molecule has 1 aromatic carbocycles. The smallest absolute Gasteiger partial charge is 0.419 e. The first-order valence-corrected chi connectivity index (χ1v) is 4.40. The first kappa shape index (κ1) is 11.7. The Morgan fingerprint density at radius 1 is 1.33 bits per heavy atom. The summed E-state index contributed by atoms with van der Waals surface area (Å²) in [7, 11) is 0. The second-order valence-corrected chi connectivity index (χ2v) is 3.07. The maximum absolute atomic E-state index is 12.5. The van der Waals surface area contributed by atoms with Crippen molar-refractivity contribution >= 4 is 0 Å². The third-order valence-electron chi connectivity index (χ3n) is 1.90. The summed E-state index contributed by atoms with van der Waals surface area (Å²) in [5, 5.41) is 9.27. The van der Waals surface area contributed by atoms with E-state index >= 15 is 0 Å². The molecule has 0 fully saturated rings. The van der Waals surface area contributed by atoms with Gasteiger partial charge in [0.25, 0.3) is 0 Å². The molecule has 1 N–H and O–H groups in total. The van der Waals surface area contributed by atoms with Crippen LogP contribution < -0.4 is 4.74 Å². The summed E-state index contributed by atoms with van der Waals surface area (Å²) in [5.41, 5.74) is -0.689. The summed E-state index contributed by atoms with van der Waals surface area (Å²) >= 11 is 0. The molecular formula is C10H11F3O2. The number of benzene rings is 1. The van der Waals surface area contributed by atoms with E-state index in [0.29, 0.717) is 0 Å². The molecule has 0 unspecified atom stereocenters. The predicted octanol–water partition coefficient (Wildman–Crippen LogP) is 3.12. The van der Waals surface area contributed by atoms with Crippen LogP contribution in [0.1, 0.15) is 18.1 Å². The van der Waals surface area contributed by atoms with Crippen LogP contribution in [0.3, 0.4) is 0 Å². The predicted molar refractivity (Wildman–Crippen MR) is 49.0 cm³/mol. The Bertz CT molecular complexity index is 358. The summed E-state index contributed by atoms with van der Waals surface area (Å²) < 4.78 is 42.4. The number of ether oxygens (including phenoxy) is 1. The van der Waals surface area contributed by atoms with Gasteiger partial charge in [0, 0.05) is 6.07 Å². The van der Waals surface area contributed by atoms with E-state index in [9.17, 15) is 18.3 Å². The second-order valence-electron chi connectivity index (χ2n) is 3.07. The van der Waals surface area contributed by atoms with E-state index in [1.165, 1.54) is 6.92 Å². The zero-order valence-electron chi connectivity index (χ0n) is 8.35. The summed E-state index contributed by atoms with van der Waals surface area (Å²) in [6, 6.07) is 1.86. The molecule has 84 valence electrons. The number of aryl methyl sites for hydroxylation is 1. The second kappa shape index (κ2) is 4.00. The van der Waals surface area contributed by atoms with Crippen molar-refractivity contribution in [3.05, 3.63) is 23.3 Å². The van der Waals surface area contributed by atoms with Crippen molar-refractivity contribution in [2.75, 3.05) is 6.61 Å². The number of alkyl halides is 3. The highest BCUT2D eigenvalue weighted by Crippen LogP contribution is 2.39. The summed E-state index contributed by atoms with van der Waals surface area (Å²) in [6.07, 6.45) is -4.47. The Morgan fingerprint density at radius 2 is 1.93 bits per heavy atom. The van der Waals surface area contributed by atoms with Gasteiger partial charge in [-0.2, -0.15) is 13.2 Å². The van der Waals surface area contributed by atoms with Gasteiger partial charge in [0.05, 0.1) is 12.2 Å². The largest absolute Gasteiger partial charge is 0.508 e. The lowest BCUT2D eigenvalue weighted by molar-refractivity contribution is -0.139. The van der Waals surface area contributed by atoms with Gasteiger partial charge in [-0.05, 0) is 25.5 Å². The van der Waals surface area contributed by atoms with Crippen LogP contribution in [0.4, 0.5) is 13.2 Å². The number of rotatable bonds is 2. The summed E-state index contributed by atoms with van der Waals surface area (Å²) in [4.78, 5) is 0. The van der Waals surface area contributed by atoms with E-state index in [4.69, 9.17) is 4.74 Å². The van der Waals surface area contributed by atoms with E-state index in [0.717, 1.165) is 12.1 Å². The average molecular weight is 220 g/mol. The van der Waals surface area contributed by atoms with E-state index in [2.05, 4.69) is 0 Å². The third-order valence-corrected chi connectivity index (χ3v) is 1.90. The van der Waals surface area contributed by atoms with Gasteiger partial charge in [0.15, 0.2) is 0 Å². The fraction of sp³-hybridized carbons (Fsp3) is 0.400. The molecule has 1 rings (SSSR count). The van der Waals surface area contributed by atoms with Crippen molar-refractivity contribution in [3.63, 3.8) is 0 Å². The zero-order chi connectivity index (χ0) is 11.6. The van der Waals surface area contributed by atoms with Gasteiger partial charge >= 0.3 is 6.18 Å². The van der Waals surface area contributed by atoms with Crippen LogP contribution in [0.15, 0.2) is 12.1 Å².